The van der Waals surface area contributed by atoms with E-state index in [9.17, 15) is 4.79 Å². The number of hydrogen-bond donors (Lipinski definition) is 1. The van der Waals surface area contributed by atoms with Gasteiger partial charge in [-0.3, -0.25) is 4.79 Å². The van der Waals surface area contributed by atoms with E-state index in [1.165, 1.54) is 0 Å². The van der Waals surface area contributed by atoms with E-state index < -0.39 is 0 Å². The van der Waals surface area contributed by atoms with E-state index in [1.54, 1.807) is 4.90 Å². The van der Waals surface area contributed by atoms with Crippen LogP contribution in [-0.2, 0) is 20.8 Å². The Bertz CT molecular complexity index is 773. The molecule has 0 fully saturated rings. The summed E-state index contributed by atoms with van der Waals surface area (Å²) in [4.78, 5) is 14.6. The molecule has 1 heterocycles. The summed E-state index contributed by atoms with van der Waals surface area (Å²) in [5, 5.41) is 0. The highest BCUT2D eigenvalue weighted by Gasteiger charge is 2.20. The van der Waals surface area contributed by atoms with Crippen LogP contribution in [0.3, 0.4) is 0 Å². The average Bonchev–Trinajstić information content (AvgIpc) is 2.66. The van der Waals surface area contributed by atoms with Crippen molar-refractivity contribution >= 4 is 23.7 Å². The number of carbonyl (C=O) groups excluding carboxylic acids is 1. The number of para-hydroxylation sites is 1. The molecule has 2 aromatic carbocycles. The van der Waals surface area contributed by atoms with Crippen molar-refractivity contribution in [3.8, 4) is 0 Å². The van der Waals surface area contributed by atoms with Crippen molar-refractivity contribution < 1.29 is 14.3 Å². The molecule has 0 saturated carbocycles. The summed E-state index contributed by atoms with van der Waals surface area (Å²) in [6.07, 6.45) is 4.15. The smallest absolute Gasteiger partial charge is 0.253 e. The Labute approximate surface area is 154 Å². The molecule has 5 heteroatoms. The fraction of sp³-hybridized carbons (Fsp3) is 0.286. The molecule has 0 aliphatic carbocycles. The maximum atomic E-state index is 12.8. The Balaban J connectivity index is 1.75. The van der Waals surface area contributed by atoms with Crippen molar-refractivity contribution in [3.63, 3.8) is 0 Å². The van der Waals surface area contributed by atoms with Crippen LogP contribution in [0.4, 0.5) is 5.69 Å². The number of nitrogens with two attached hydrogens (primary N) is 1. The van der Waals surface area contributed by atoms with Gasteiger partial charge in [-0.1, -0.05) is 54.6 Å². The Morgan fingerprint density at radius 3 is 2.46 bits per heavy atom. The van der Waals surface area contributed by atoms with Crippen LogP contribution in [-0.4, -0.2) is 38.9 Å². The number of hydrogen-bond acceptors (Lipinski definition) is 4. The topological polar surface area (TPSA) is 64.8 Å². The molecule has 26 heavy (non-hydrogen) atoms. The monoisotopic (exact) mass is 352 g/mol. The third-order valence-corrected chi connectivity index (χ3v) is 4.21. The number of anilines is 1. The van der Waals surface area contributed by atoms with Gasteiger partial charge >= 0.3 is 0 Å². The molecular weight excluding hydrogens is 328 g/mol. The van der Waals surface area contributed by atoms with Crippen LogP contribution in [0.2, 0.25) is 0 Å². The van der Waals surface area contributed by atoms with Gasteiger partial charge in [0.05, 0.1) is 32.1 Å². The maximum absolute atomic E-state index is 12.8. The maximum Gasteiger partial charge on any atom is 0.253 e. The fourth-order valence-corrected chi connectivity index (χ4v) is 2.91. The Hall–Kier alpha value is -2.47. The average molecular weight is 352 g/mol. The van der Waals surface area contributed by atoms with Crippen LogP contribution in [0, 0.1) is 0 Å². The van der Waals surface area contributed by atoms with Crippen LogP contribution in [0.1, 0.15) is 16.7 Å². The van der Waals surface area contributed by atoms with E-state index in [1.807, 2.05) is 36.4 Å². The summed E-state index contributed by atoms with van der Waals surface area (Å²) in [7, 11) is 0. The molecule has 0 radical (unpaired) electrons. The van der Waals surface area contributed by atoms with Gasteiger partial charge in [-0.15, -0.1) is 0 Å². The summed E-state index contributed by atoms with van der Waals surface area (Å²) in [6.45, 7) is 2.33. The number of rotatable bonds is 7. The lowest BCUT2D eigenvalue weighted by Crippen LogP contribution is -2.35. The van der Waals surface area contributed by atoms with Crippen LogP contribution in [0.25, 0.3) is 12.2 Å². The van der Waals surface area contributed by atoms with Crippen LogP contribution >= 0.6 is 0 Å². The zero-order valence-electron chi connectivity index (χ0n) is 14.8. The number of benzene rings is 2. The van der Waals surface area contributed by atoms with E-state index >= 15 is 0 Å². The zero-order valence-corrected chi connectivity index (χ0v) is 14.8. The largest absolute Gasteiger partial charge is 0.378 e. The first-order chi connectivity index (χ1) is 12.8. The molecule has 0 spiro atoms. The van der Waals surface area contributed by atoms with E-state index in [-0.39, 0.29) is 12.5 Å². The first kappa shape index (κ1) is 18.3. The van der Waals surface area contributed by atoms with Gasteiger partial charge in [0.15, 0.2) is 0 Å². The van der Waals surface area contributed by atoms with E-state index in [0.717, 1.165) is 22.4 Å². The van der Waals surface area contributed by atoms with Crippen LogP contribution < -0.4 is 10.6 Å². The lowest BCUT2D eigenvalue weighted by atomic mass is 10.0. The minimum absolute atomic E-state index is 0.0200. The molecule has 0 saturated heterocycles. The van der Waals surface area contributed by atoms with Crippen LogP contribution in [0.15, 0.2) is 48.5 Å². The quantitative estimate of drug-likeness (QED) is 0.778. The SMILES string of the molecule is NCCOCCOCC(=O)N1Cc2ccccc2/C=C\c2ccccc21. The first-order valence-electron chi connectivity index (χ1n) is 8.80. The highest BCUT2D eigenvalue weighted by Crippen LogP contribution is 2.28. The zero-order chi connectivity index (χ0) is 18.2. The molecule has 2 aromatic rings. The molecule has 0 unspecified atom stereocenters. The Kier molecular flexibility index (Phi) is 6.55. The number of carbonyl (C=O) groups is 1. The van der Waals surface area contributed by atoms with Gasteiger partial charge in [0.25, 0.3) is 5.91 Å². The predicted octanol–water partition coefficient (Wildman–Crippen LogP) is 2.70. The highest BCUT2D eigenvalue weighted by molar-refractivity contribution is 5.97. The predicted molar refractivity (Wildman–Crippen MR) is 104 cm³/mol. The third kappa shape index (κ3) is 4.58. The van der Waals surface area contributed by atoms with Gasteiger partial charge in [0.1, 0.15) is 6.61 Å². The van der Waals surface area contributed by atoms with Gasteiger partial charge in [-0.25, -0.2) is 0 Å². The minimum Gasteiger partial charge on any atom is -0.378 e. The second kappa shape index (κ2) is 9.29. The van der Waals surface area contributed by atoms with Gasteiger partial charge < -0.3 is 20.1 Å². The van der Waals surface area contributed by atoms with Gasteiger partial charge in [-0.05, 0) is 22.8 Å². The van der Waals surface area contributed by atoms with E-state index in [4.69, 9.17) is 15.2 Å². The van der Waals surface area contributed by atoms with E-state index in [0.29, 0.717) is 32.9 Å². The van der Waals surface area contributed by atoms with Crippen molar-refractivity contribution in [2.75, 3.05) is 37.9 Å². The second-order valence-corrected chi connectivity index (χ2v) is 6.02. The standard InChI is InChI=1S/C21H24N2O3/c22-11-12-25-13-14-26-16-21(24)23-15-19-7-2-1-5-17(19)9-10-18-6-3-4-8-20(18)23/h1-10H,11-16,22H2/b10-9-. The number of amides is 1. The molecule has 1 aliphatic rings. The summed E-state index contributed by atoms with van der Waals surface area (Å²) < 4.78 is 10.8. The van der Waals surface area contributed by atoms with Crippen molar-refractivity contribution in [2.45, 2.75) is 6.54 Å². The fourth-order valence-electron chi connectivity index (χ4n) is 2.91. The molecule has 0 atom stereocenters. The van der Waals surface area contributed by atoms with Crippen molar-refractivity contribution in [1.82, 2.24) is 0 Å². The Morgan fingerprint density at radius 2 is 1.62 bits per heavy atom. The minimum atomic E-state index is -0.0682. The Morgan fingerprint density at radius 1 is 0.923 bits per heavy atom. The summed E-state index contributed by atoms with van der Waals surface area (Å²) in [6, 6.07) is 16.0. The third-order valence-electron chi connectivity index (χ3n) is 4.21. The van der Waals surface area contributed by atoms with Gasteiger partial charge in [-0.2, -0.15) is 0 Å². The molecule has 1 amide bonds. The number of nitrogens with zero attached hydrogens (tertiary/aromatic N) is 1. The number of fused-ring (bicyclic) bond motifs is 2. The summed E-state index contributed by atoms with van der Waals surface area (Å²) in [5.41, 5.74) is 9.51. The molecule has 0 aromatic heterocycles. The second-order valence-electron chi connectivity index (χ2n) is 6.02. The lowest BCUT2D eigenvalue weighted by molar-refractivity contribution is -0.123. The van der Waals surface area contributed by atoms with Crippen LogP contribution in [0.5, 0.6) is 0 Å². The summed E-state index contributed by atoms with van der Waals surface area (Å²) in [5.74, 6) is -0.0682. The highest BCUT2D eigenvalue weighted by atomic mass is 16.5. The normalized spacial score (nSPS) is 14.1. The van der Waals surface area contributed by atoms with Crippen molar-refractivity contribution in [2.24, 2.45) is 5.73 Å². The molecule has 2 N–H and O–H groups in total. The van der Waals surface area contributed by atoms with Gasteiger partial charge in [0.2, 0.25) is 0 Å². The van der Waals surface area contributed by atoms with E-state index in [2.05, 4.69) is 24.3 Å². The van der Waals surface area contributed by atoms with Crippen molar-refractivity contribution in [3.05, 3.63) is 65.2 Å². The molecule has 3 rings (SSSR count). The molecular formula is C21H24N2O3. The molecule has 5 nitrogen and oxygen atoms in total. The molecule has 1 aliphatic heterocycles. The van der Waals surface area contributed by atoms with Crippen molar-refractivity contribution in [1.29, 1.82) is 0 Å². The first-order valence-corrected chi connectivity index (χ1v) is 8.80. The number of ether oxygens (including phenoxy) is 2. The summed E-state index contributed by atoms with van der Waals surface area (Å²) >= 11 is 0. The lowest BCUT2D eigenvalue weighted by Gasteiger charge is -2.27. The van der Waals surface area contributed by atoms with Gasteiger partial charge in [0, 0.05) is 6.54 Å². The molecule has 0 bridgehead atoms. The molecule has 136 valence electrons.